The van der Waals surface area contributed by atoms with E-state index in [4.69, 9.17) is 14.2 Å². The highest BCUT2D eigenvalue weighted by atomic mass is 16.5. The summed E-state index contributed by atoms with van der Waals surface area (Å²) < 4.78 is 16.3. The van der Waals surface area contributed by atoms with Gasteiger partial charge in [-0.05, 0) is 29.7 Å². The first-order valence-electron chi connectivity index (χ1n) is 7.74. The molecule has 1 aliphatic rings. The van der Waals surface area contributed by atoms with Gasteiger partial charge in [0.15, 0.2) is 11.5 Å². The number of esters is 1. The molecular formula is C19H20O4. The molecule has 0 saturated carbocycles. The van der Waals surface area contributed by atoms with E-state index in [9.17, 15) is 4.79 Å². The number of hydrogen-bond donors (Lipinski definition) is 0. The van der Waals surface area contributed by atoms with Crippen molar-refractivity contribution < 1.29 is 19.0 Å². The number of rotatable bonds is 6. The van der Waals surface area contributed by atoms with Crippen LogP contribution in [0.4, 0.5) is 0 Å². The molecule has 0 bridgehead atoms. The third-order valence-electron chi connectivity index (χ3n) is 3.92. The first kappa shape index (κ1) is 15.4. The Morgan fingerprint density at radius 3 is 2.61 bits per heavy atom. The van der Waals surface area contributed by atoms with Gasteiger partial charge >= 0.3 is 5.97 Å². The van der Waals surface area contributed by atoms with Gasteiger partial charge in [-0.1, -0.05) is 36.4 Å². The zero-order chi connectivity index (χ0) is 16.1. The SMILES string of the molecule is COc1ccc(C[C@H]2COC(=O)C2)cc1OCc1ccccc1. The number of benzene rings is 2. The van der Waals surface area contributed by atoms with E-state index in [1.165, 1.54) is 0 Å². The molecule has 0 N–H and O–H groups in total. The fraction of sp³-hybridized carbons (Fsp3) is 0.316. The summed E-state index contributed by atoms with van der Waals surface area (Å²) in [5, 5.41) is 0. The van der Waals surface area contributed by atoms with Crippen molar-refractivity contribution in [2.24, 2.45) is 5.92 Å². The van der Waals surface area contributed by atoms with Crippen molar-refractivity contribution in [2.75, 3.05) is 13.7 Å². The minimum absolute atomic E-state index is 0.107. The number of carbonyl (C=O) groups excluding carboxylic acids is 1. The summed E-state index contributed by atoms with van der Waals surface area (Å²) >= 11 is 0. The maximum Gasteiger partial charge on any atom is 0.306 e. The Balaban J connectivity index is 1.69. The van der Waals surface area contributed by atoms with E-state index in [1.54, 1.807) is 7.11 Å². The van der Waals surface area contributed by atoms with Crippen molar-refractivity contribution in [2.45, 2.75) is 19.4 Å². The van der Waals surface area contributed by atoms with Crippen molar-refractivity contribution in [3.63, 3.8) is 0 Å². The van der Waals surface area contributed by atoms with E-state index < -0.39 is 0 Å². The average molecular weight is 312 g/mol. The molecule has 0 radical (unpaired) electrons. The van der Waals surface area contributed by atoms with E-state index >= 15 is 0 Å². The molecule has 0 unspecified atom stereocenters. The van der Waals surface area contributed by atoms with E-state index in [0.717, 1.165) is 23.3 Å². The fourth-order valence-corrected chi connectivity index (χ4v) is 2.72. The third kappa shape index (κ3) is 4.03. The summed E-state index contributed by atoms with van der Waals surface area (Å²) in [6.07, 6.45) is 1.30. The summed E-state index contributed by atoms with van der Waals surface area (Å²) in [7, 11) is 1.63. The zero-order valence-electron chi connectivity index (χ0n) is 13.2. The Hall–Kier alpha value is -2.49. The van der Waals surface area contributed by atoms with E-state index in [2.05, 4.69) is 0 Å². The third-order valence-corrected chi connectivity index (χ3v) is 3.92. The maximum absolute atomic E-state index is 11.2. The molecule has 3 rings (SSSR count). The van der Waals surface area contributed by atoms with Crippen LogP contribution in [0.1, 0.15) is 17.5 Å². The molecular weight excluding hydrogens is 292 g/mol. The fourth-order valence-electron chi connectivity index (χ4n) is 2.72. The Labute approximate surface area is 136 Å². The normalized spacial score (nSPS) is 16.9. The second-order valence-corrected chi connectivity index (χ2v) is 5.72. The second-order valence-electron chi connectivity index (χ2n) is 5.72. The summed E-state index contributed by atoms with van der Waals surface area (Å²) in [6.45, 7) is 0.997. The predicted molar refractivity (Wildman–Crippen MR) is 86.5 cm³/mol. The molecule has 0 aromatic heterocycles. The molecule has 1 heterocycles. The lowest BCUT2D eigenvalue weighted by atomic mass is 9.98. The van der Waals surface area contributed by atoms with Crippen molar-refractivity contribution >= 4 is 5.97 Å². The van der Waals surface area contributed by atoms with Crippen LogP contribution in [0.25, 0.3) is 0 Å². The Morgan fingerprint density at radius 1 is 1.09 bits per heavy atom. The smallest absolute Gasteiger partial charge is 0.306 e. The summed E-state index contributed by atoms with van der Waals surface area (Å²) in [5.41, 5.74) is 2.23. The highest BCUT2D eigenvalue weighted by Crippen LogP contribution is 2.30. The van der Waals surface area contributed by atoms with Crippen LogP contribution in [0.15, 0.2) is 48.5 Å². The molecule has 120 valence electrons. The van der Waals surface area contributed by atoms with Crippen LogP contribution in [-0.4, -0.2) is 19.7 Å². The van der Waals surface area contributed by atoms with Crippen LogP contribution in [-0.2, 0) is 22.6 Å². The summed E-state index contributed by atoms with van der Waals surface area (Å²) in [5.74, 6) is 1.57. The molecule has 1 atom stereocenters. The monoisotopic (exact) mass is 312 g/mol. The van der Waals surface area contributed by atoms with Crippen molar-refractivity contribution in [3.8, 4) is 11.5 Å². The number of ether oxygens (including phenoxy) is 3. The van der Waals surface area contributed by atoms with E-state index in [1.807, 2.05) is 48.5 Å². The topological polar surface area (TPSA) is 44.8 Å². The van der Waals surface area contributed by atoms with Gasteiger partial charge in [-0.3, -0.25) is 4.79 Å². The number of methoxy groups -OCH3 is 1. The van der Waals surface area contributed by atoms with Gasteiger partial charge in [0.2, 0.25) is 0 Å². The molecule has 2 aromatic rings. The van der Waals surface area contributed by atoms with Crippen LogP contribution in [0.3, 0.4) is 0 Å². The van der Waals surface area contributed by atoms with Gasteiger partial charge in [-0.25, -0.2) is 0 Å². The lowest BCUT2D eigenvalue weighted by Gasteiger charge is -2.13. The largest absolute Gasteiger partial charge is 0.493 e. The van der Waals surface area contributed by atoms with Crippen molar-refractivity contribution in [3.05, 3.63) is 59.7 Å². The first-order chi connectivity index (χ1) is 11.2. The second kappa shape index (κ2) is 7.18. The van der Waals surface area contributed by atoms with Crippen LogP contribution < -0.4 is 9.47 Å². The molecule has 0 spiro atoms. The molecule has 1 aliphatic heterocycles. The van der Waals surface area contributed by atoms with Crippen LogP contribution >= 0.6 is 0 Å². The van der Waals surface area contributed by atoms with Gasteiger partial charge in [0, 0.05) is 5.92 Å². The maximum atomic E-state index is 11.2. The zero-order valence-corrected chi connectivity index (χ0v) is 13.2. The molecule has 0 amide bonds. The van der Waals surface area contributed by atoms with E-state index in [0.29, 0.717) is 25.4 Å². The van der Waals surface area contributed by atoms with E-state index in [-0.39, 0.29) is 11.9 Å². The van der Waals surface area contributed by atoms with Gasteiger partial charge in [0.05, 0.1) is 20.1 Å². The van der Waals surface area contributed by atoms with Crippen molar-refractivity contribution in [1.29, 1.82) is 0 Å². The number of cyclic esters (lactones) is 1. The molecule has 23 heavy (non-hydrogen) atoms. The van der Waals surface area contributed by atoms with Gasteiger partial charge in [0.25, 0.3) is 0 Å². The molecule has 1 saturated heterocycles. The Morgan fingerprint density at radius 2 is 1.91 bits per heavy atom. The molecule has 1 fully saturated rings. The van der Waals surface area contributed by atoms with Gasteiger partial charge in [-0.2, -0.15) is 0 Å². The van der Waals surface area contributed by atoms with Crippen LogP contribution in [0.2, 0.25) is 0 Å². The number of hydrogen-bond acceptors (Lipinski definition) is 4. The molecule has 2 aromatic carbocycles. The van der Waals surface area contributed by atoms with Gasteiger partial charge in [0.1, 0.15) is 6.61 Å². The van der Waals surface area contributed by atoms with Crippen LogP contribution in [0, 0.1) is 5.92 Å². The molecule has 4 heteroatoms. The van der Waals surface area contributed by atoms with Gasteiger partial charge in [-0.15, -0.1) is 0 Å². The van der Waals surface area contributed by atoms with Gasteiger partial charge < -0.3 is 14.2 Å². The standard InChI is InChI=1S/C19H20O4/c1-21-17-8-7-15(9-16-11-19(20)23-13-16)10-18(17)22-12-14-5-3-2-4-6-14/h2-8,10,16H,9,11-13H2,1H3/t16-/m1/s1. The van der Waals surface area contributed by atoms with Crippen LogP contribution in [0.5, 0.6) is 11.5 Å². The van der Waals surface area contributed by atoms with Crippen molar-refractivity contribution in [1.82, 2.24) is 0 Å². The minimum atomic E-state index is -0.107. The lowest BCUT2D eigenvalue weighted by Crippen LogP contribution is -2.05. The molecule has 4 nitrogen and oxygen atoms in total. The summed E-state index contributed by atoms with van der Waals surface area (Å²) in [4.78, 5) is 11.2. The highest BCUT2D eigenvalue weighted by Gasteiger charge is 2.24. The number of carbonyl (C=O) groups is 1. The Kier molecular flexibility index (Phi) is 4.81. The quantitative estimate of drug-likeness (QED) is 0.767. The predicted octanol–water partition coefficient (Wildman–Crippen LogP) is 3.38. The molecule has 0 aliphatic carbocycles. The average Bonchev–Trinajstić information content (AvgIpc) is 2.99. The first-order valence-corrected chi connectivity index (χ1v) is 7.74. The minimum Gasteiger partial charge on any atom is -0.493 e. The summed E-state index contributed by atoms with van der Waals surface area (Å²) in [6, 6.07) is 15.9. The Bertz CT molecular complexity index is 666. The highest BCUT2D eigenvalue weighted by molar-refractivity contribution is 5.71. The lowest BCUT2D eigenvalue weighted by molar-refractivity contribution is -0.137.